The summed E-state index contributed by atoms with van der Waals surface area (Å²) in [6, 6.07) is 10.2. The van der Waals surface area contributed by atoms with Gasteiger partial charge in [-0.25, -0.2) is 9.18 Å². The average molecular weight is 322 g/mol. The van der Waals surface area contributed by atoms with Crippen molar-refractivity contribution in [1.82, 2.24) is 9.97 Å². The molecule has 0 bridgehead atoms. The third kappa shape index (κ3) is 3.15. The van der Waals surface area contributed by atoms with Crippen molar-refractivity contribution in [1.29, 1.82) is 0 Å². The number of pyridine rings is 2. The fourth-order valence-electron chi connectivity index (χ4n) is 2.43. The summed E-state index contributed by atoms with van der Waals surface area (Å²) in [5.41, 5.74) is 2.44. The molecule has 0 aliphatic heterocycles. The molecule has 0 saturated carbocycles. The Kier molecular flexibility index (Phi) is 4.61. The zero-order chi connectivity index (χ0) is 16.9. The highest BCUT2D eigenvalue weighted by Crippen LogP contribution is 2.31. The summed E-state index contributed by atoms with van der Waals surface area (Å²) in [6.07, 6.45) is 6.46. The van der Waals surface area contributed by atoms with Crippen LogP contribution in [0.25, 0.3) is 22.3 Å². The van der Waals surface area contributed by atoms with E-state index in [1.54, 1.807) is 62.0 Å². The van der Waals surface area contributed by atoms with Gasteiger partial charge in [0.1, 0.15) is 5.82 Å². The van der Waals surface area contributed by atoms with E-state index in [1.807, 2.05) is 0 Å². The Bertz CT molecular complexity index is 852. The summed E-state index contributed by atoms with van der Waals surface area (Å²) in [5, 5.41) is 0. The first-order valence-electron chi connectivity index (χ1n) is 7.52. The molecule has 4 nitrogen and oxygen atoms in total. The monoisotopic (exact) mass is 322 g/mol. The topological polar surface area (TPSA) is 52.1 Å². The number of carbonyl (C=O) groups excluding carboxylic acids is 1. The van der Waals surface area contributed by atoms with Crippen LogP contribution in [0, 0.1) is 5.82 Å². The predicted octanol–water partition coefficient (Wildman–Crippen LogP) is 4.13. The van der Waals surface area contributed by atoms with Gasteiger partial charge in [0, 0.05) is 30.4 Å². The van der Waals surface area contributed by atoms with Crippen LogP contribution in [0.2, 0.25) is 0 Å². The molecule has 0 radical (unpaired) electrons. The maximum absolute atomic E-state index is 14.9. The number of halogens is 1. The van der Waals surface area contributed by atoms with Crippen LogP contribution in [0.3, 0.4) is 0 Å². The zero-order valence-corrected chi connectivity index (χ0v) is 13.1. The first kappa shape index (κ1) is 15.8. The van der Waals surface area contributed by atoms with Crippen LogP contribution in [0.15, 0.2) is 61.2 Å². The molecule has 0 atom stereocenters. The summed E-state index contributed by atoms with van der Waals surface area (Å²) in [4.78, 5) is 20.1. The van der Waals surface area contributed by atoms with E-state index in [0.717, 1.165) is 5.56 Å². The molecule has 5 heteroatoms. The molecule has 0 aliphatic rings. The second-order valence-electron chi connectivity index (χ2n) is 5.08. The number of hydrogen-bond donors (Lipinski definition) is 0. The molecule has 0 fully saturated rings. The Labute approximate surface area is 139 Å². The maximum Gasteiger partial charge on any atom is 0.341 e. The highest BCUT2D eigenvalue weighted by molar-refractivity contribution is 5.94. The molecule has 2 heterocycles. The van der Waals surface area contributed by atoms with Crippen molar-refractivity contribution >= 4 is 5.97 Å². The summed E-state index contributed by atoms with van der Waals surface area (Å²) >= 11 is 0. The second kappa shape index (κ2) is 7.00. The van der Waals surface area contributed by atoms with Gasteiger partial charge in [-0.2, -0.15) is 0 Å². The lowest BCUT2D eigenvalue weighted by Gasteiger charge is -2.12. The zero-order valence-electron chi connectivity index (χ0n) is 13.1. The van der Waals surface area contributed by atoms with Crippen molar-refractivity contribution < 1.29 is 13.9 Å². The molecule has 24 heavy (non-hydrogen) atoms. The highest BCUT2D eigenvalue weighted by atomic mass is 19.1. The largest absolute Gasteiger partial charge is 0.462 e. The SMILES string of the molecule is CCOC(=O)c1cc(-c2ccncc2)cc(-c2ccncc2)c1F. The maximum atomic E-state index is 14.9. The van der Waals surface area contributed by atoms with E-state index >= 15 is 0 Å². The first-order valence-corrected chi connectivity index (χ1v) is 7.52. The van der Waals surface area contributed by atoms with E-state index in [2.05, 4.69) is 9.97 Å². The Morgan fingerprint density at radius 3 is 2.12 bits per heavy atom. The molecular formula is C19H15FN2O2. The molecule has 0 aliphatic carbocycles. The average Bonchev–Trinajstić information content (AvgIpc) is 2.63. The van der Waals surface area contributed by atoms with Crippen LogP contribution >= 0.6 is 0 Å². The van der Waals surface area contributed by atoms with Gasteiger partial charge in [0.2, 0.25) is 0 Å². The molecule has 3 aromatic rings. The fraction of sp³-hybridized carbons (Fsp3) is 0.105. The van der Waals surface area contributed by atoms with Crippen LogP contribution in [0.4, 0.5) is 4.39 Å². The summed E-state index contributed by atoms with van der Waals surface area (Å²) in [6.45, 7) is 1.87. The lowest BCUT2D eigenvalue weighted by Crippen LogP contribution is -2.08. The summed E-state index contributed by atoms with van der Waals surface area (Å²) in [5.74, 6) is -1.28. The van der Waals surface area contributed by atoms with E-state index in [9.17, 15) is 9.18 Å². The van der Waals surface area contributed by atoms with Gasteiger partial charge in [-0.05, 0) is 60.0 Å². The van der Waals surface area contributed by atoms with Crippen molar-refractivity contribution in [3.63, 3.8) is 0 Å². The smallest absolute Gasteiger partial charge is 0.341 e. The normalized spacial score (nSPS) is 10.4. The minimum absolute atomic E-state index is 0.0852. The number of ether oxygens (including phenoxy) is 1. The van der Waals surface area contributed by atoms with Gasteiger partial charge in [0.05, 0.1) is 12.2 Å². The van der Waals surface area contributed by atoms with Gasteiger partial charge in [-0.3, -0.25) is 9.97 Å². The predicted molar refractivity (Wildman–Crippen MR) is 88.8 cm³/mol. The number of benzene rings is 1. The molecule has 0 amide bonds. The van der Waals surface area contributed by atoms with Gasteiger partial charge >= 0.3 is 5.97 Å². The minimum atomic E-state index is -0.679. The lowest BCUT2D eigenvalue weighted by atomic mass is 9.96. The fourth-order valence-corrected chi connectivity index (χ4v) is 2.43. The van der Waals surface area contributed by atoms with Crippen LogP contribution in [0.5, 0.6) is 0 Å². The van der Waals surface area contributed by atoms with Crippen LogP contribution in [-0.2, 0) is 4.74 Å². The van der Waals surface area contributed by atoms with Gasteiger partial charge in [0.15, 0.2) is 0 Å². The standard InChI is InChI=1S/C19H15FN2O2/c1-2-24-19(23)17-12-15(13-3-7-21-8-4-13)11-16(18(17)20)14-5-9-22-10-6-14/h3-12H,2H2,1H3. The van der Waals surface area contributed by atoms with Crippen molar-refractivity contribution in [3.8, 4) is 22.3 Å². The highest BCUT2D eigenvalue weighted by Gasteiger charge is 2.19. The molecular weight excluding hydrogens is 307 g/mol. The number of rotatable bonds is 4. The summed E-state index contributed by atoms with van der Waals surface area (Å²) < 4.78 is 19.9. The molecule has 0 saturated heterocycles. The van der Waals surface area contributed by atoms with Crippen molar-refractivity contribution in [3.05, 3.63) is 72.6 Å². The summed E-state index contributed by atoms with van der Waals surface area (Å²) in [7, 11) is 0. The van der Waals surface area contributed by atoms with Gasteiger partial charge in [-0.1, -0.05) is 0 Å². The Morgan fingerprint density at radius 2 is 1.54 bits per heavy atom. The quantitative estimate of drug-likeness (QED) is 0.678. The third-order valence-electron chi connectivity index (χ3n) is 3.57. The molecule has 1 aromatic carbocycles. The second-order valence-corrected chi connectivity index (χ2v) is 5.08. The number of nitrogens with zero attached hydrogens (tertiary/aromatic N) is 2. The number of esters is 1. The van der Waals surface area contributed by atoms with E-state index in [4.69, 9.17) is 4.74 Å². The number of carbonyl (C=O) groups is 1. The van der Waals surface area contributed by atoms with E-state index in [0.29, 0.717) is 16.7 Å². The Morgan fingerprint density at radius 1 is 0.958 bits per heavy atom. The lowest BCUT2D eigenvalue weighted by molar-refractivity contribution is 0.0521. The van der Waals surface area contributed by atoms with E-state index in [-0.39, 0.29) is 12.2 Å². The molecule has 2 aromatic heterocycles. The Hall–Kier alpha value is -3.08. The van der Waals surface area contributed by atoms with Gasteiger partial charge in [-0.15, -0.1) is 0 Å². The molecule has 3 rings (SSSR count). The third-order valence-corrected chi connectivity index (χ3v) is 3.57. The van der Waals surface area contributed by atoms with Crippen molar-refractivity contribution in [2.75, 3.05) is 6.61 Å². The van der Waals surface area contributed by atoms with Crippen LogP contribution < -0.4 is 0 Å². The van der Waals surface area contributed by atoms with Crippen molar-refractivity contribution in [2.45, 2.75) is 6.92 Å². The number of hydrogen-bond acceptors (Lipinski definition) is 4. The minimum Gasteiger partial charge on any atom is -0.462 e. The van der Waals surface area contributed by atoms with E-state index < -0.39 is 11.8 Å². The van der Waals surface area contributed by atoms with Crippen LogP contribution in [0.1, 0.15) is 17.3 Å². The molecule has 0 spiro atoms. The van der Waals surface area contributed by atoms with Gasteiger partial charge in [0.25, 0.3) is 0 Å². The number of aromatic nitrogens is 2. The van der Waals surface area contributed by atoms with Crippen LogP contribution in [-0.4, -0.2) is 22.5 Å². The van der Waals surface area contributed by atoms with Gasteiger partial charge < -0.3 is 4.74 Å². The Balaban J connectivity index is 2.21. The molecule has 0 unspecified atom stereocenters. The van der Waals surface area contributed by atoms with E-state index in [1.165, 1.54) is 6.07 Å². The first-order chi connectivity index (χ1) is 11.7. The molecule has 120 valence electrons. The molecule has 0 N–H and O–H groups in total. The van der Waals surface area contributed by atoms with Crippen molar-refractivity contribution in [2.24, 2.45) is 0 Å².